The number of hydrogen-bond acceptors (Lipinski definition) is 6. The fourth-order valence-corrected chi connectivity index (χ4v) is 2.23. The number of nitrogens with one attached hydrogen (secondary N) is 2. The third-order valence-electron chi connectivity index (χ3n) is 3.34. The minimum absolute atomic E-state index is 0.0705. The Labute approximate surface area is 136 Å². The standard InChI is InChI=1S/C15H15N5O4/c1-23-10-3-4-12(24-2)11(7-10)19-13(21)5-9-6-14(22)20-15(18-9)16-8-17-20/h3-4,6-8H,5H2,1-2H3,(H,19,21)(H,16,17,18). The molecule has 3 rings (SSSR count). The Morgan fingerprint density at radius 2 is 2.12 bits per heavy atom. The number of aromatic nitrogens is 4. The first-order valence-electron chi connectivity index (χ1n) is 7.04. The maximum Gasteiger partial charge on any atom is 0.274 e. The molecular weight excluding hydrogens is 314 g/mol. The number of methoxy groups -OCH3 is 2. The SMILES string of the molecule is COc1ccc(OC)c(NC(=O)Cc2cc(=O)n3[nH]cnc3n2)c1. The van der Waals surface area contributed by atoms with Crippen LogP contribution in [-0.4, -0.2) is 39.7 Å². The lowest BCUT2D eigenvalue weighted by Crippen LogP contribution is -2.20. The summed E-state index contributed by atoms with van der Waals surface area (Å²) < 4.78 is 11.5. The highest BCUT2D eigenvalue weighted by molar-refractivity contribution is 5.93. The van der Waals surface area contributed by atoms with E-state index in [0.29, 0.717) is 22.9 Å². The van der Waals surface area contributed by atoms with Crippen LogP contribution in [0.2, 0.25) is 0 Å². The summed E-state index contributed by atoms with van der Waals surface area (Å²) in [4.78, 5) is 32.2. The quantitative estimate of drug-likeness (QED) is 0.710. The predicted octanol–water partition coefficient (Wildman–Crippen LogP) is 0.616. The third kappa shape index (κ3) is 3.05. The van der Waals surface area contributed by atoms with Gasteiger partial charge < -0.3 is 14.8 Å². The molecule has 24 heavy (non-hydrogen) atoms. The fraction of sp³-hybridized carbons (Fsp3) is 0.200. The van der Waals surface area contributed by atoms with E-state index in [-0.39, 0.29) is 23.7 Å². The van der Waals surface area contributed by atoms with Crippen molar-refractivity contribution in [1.82, 2.24) is 19.6 Å². The Morgan fingerprint density at radius 3 is 2.88 bits per heavy atom. The van der Waals surface area contributed by atoms with Crippen molar-refractivity contribution in [3.63, 3.8) is 0 Å². The van der Waals surface area contributed by atoms with Crippen LogP contribution in [0.5, 0.6) is 11.5 Å². The zero-order valence-corrected chi connectivity index (χ0v) is 13.1. The number of nitrogens with zero attached hydrogens (tertiary/aromatic N) is 3. The molecule has 0 aliphatic carbocycles. The molecule has 0 saturated heterocycles. The Hall–Kier alpha value is -3.36. The van der Waals surface area contributed by atoms with Gasteiger partial charge in [-0.1, -0.05) is 0 Å². The molecule has 124 valence electrons. The number of carbonyl (C=O) groups excluding carboxylic acids is 1. The largest absolute Gasteiger partial charge is 0.497 e. The molecule has 9 heteroatoms. The molecule has 0 spiro atoms. The van der Waals surface area contributed by atoms with E-state index in [1.807, 2.05) is 0 Å². The number of H-pyrrole nitrogens is 1. The van der Waals surface area contributed by atoms with E-state index in [9.17, 15) is 9.59 Å². The molecule has 2 N–H and O–H groups in total. The Bertz CT molecular complexity index is 946. The minimum atomic E-state index is -0.340. The molecule has 0 aliphatic rings. The first-order valence-corrected chi connectivity index (χ1v) is 7.04. The topological polar surface area (TPSA) is 111 Å². The van der Waals surface area contributed by atoms with Gasteiger partial charge in [0.15, 0.2) is 0 Å². The molecule has 0 fully saturated rings. The maximum atomic E-state index is 12.3. The summed E-state index contributed by atoms with van der Waals surface area (Å²) in [7, 11) is 3.04. The average molecular weight is 329 g/mol. The van der Waals surface area contributed by atoms with Crippen LogP contribution in [0.1, 0.15) is 5.69 Å². The second-order valence-electron chi connectivity index (χ2n) is 4.90. The van der Waals surface area contributed by atoms with E-state index < -0.39 is 0 Å². The molecule has 0 aliphatic heterocycles. The second kappa shape index (κ2) is 6.41. The van der Waals surface area contributed by atoms with Crippen LogP contribution >= 0.6 is 0 Å². The van der Waals surface area contributed by atoms with Gasteiger partial charge in [-0.3, -0.25) is 14.7 Å². The van der Waals surface area contributed by atoms with Crippen molar-refractivity contribution < 1.29 is 14.3 Å². The number of fused-ring (bicyclic) bond motifs is 1. The van der Waals surface area contributed by atoms with E-state index in [1.165, 1.54) is 31.1 Å². The lowest BCUT2D eigenvalue weighted by atomic mass is 10.2. The summed E-state index contributed by atoms with van der Waals surface area (Å²) in [6.45, 7) is 0. The van der Waals surface area contributed by atoms with Gasteiger partial charge in [-0.15, -0.1) is 0 Å². The number of carbonyl (C=O) groups is 1. The number of ether oxygens (including phenoxy) is 2. The van der Waals surface area contributed by atoms with Gasteiger partial charge >= 0.3 is 0 Å². The Kier molecular flexibility index (Phi) is 4.15. The number of rotatable bonds is 5. The number of benzene rings is 1. The van der Waals surface area contributed by atoms with Gasteiger partial charge in [-0.05, 0) is 12.1 Å². The molecule has 1 aromatic carbocycles. The molecule has 3 aromatic rings. The smallest absolute Gasteiger partial charge is 0.274 e. The van der Waals surface area contributed by atoms with Gasteiger partial charge in [-0.25, -0.2) is 9.97 Å². The first-order chi connectivity index (χ1) is 11.6. The normalized spacial score (nSPS) is 10.6. The molecule has 2 aromatic heterocycles. The van der Waals surface area contributed by atoms with Gasteiger partial charge in [0.05, 0.1) is 32.0 Å². The minimum Gasteiger partial charge on any atom is -0.497 e. The first kappa shape index (κ1) is 15.5. The molecule has 0 saturated carbocycles. The molecule has 0 unspecified atom stereocenters. The molecular formula is C15H15N5O4. The number of anilines is 1. The van der Waals surface area contributed by atoms with Crippen molar-refractivity contribution in [2.45, 2.75) is 6.42 Å². The number of hydrogen-bond donors (Lipinski definition) is 2. The van der Waals surface area contributed by atoms with E-state index in [0.717, 1.165) is 0 Å². The number of amides is 1. The monoisotopic (exact) mass is 329 g/mol. The summed E-state index contributed by atoms with van der Waals surface area (Å²) >= 11 is 0. The maximum absolute atomic E-state index is 12.3. The van der Waals surface area contributed by atoms with Gasteiger partial charge in [0.2, 0.25) is 5.91 Å². The molecule has 0 radical (unpaired) electrons. The van der Waals surface area contributed by atoms with Gasteiger partial charge in [0.1, 0.15) is 17.8 Å². The number of aromatic amines is 1. The highest BCUT2D eigenvalue weighted by Crippen LogP contribution is 2.28. The molecule has 0 atom stereocenters. The van der Waals surface area contributed by atoms with Crippen molar-refractivity contribution in [3.8, 4) is 11.5 Å². The van der Waals surface area contributed by atoms with Crippen molar-refractivity contribution in [1.29, 1.82) is 0 Å². The average Bonchev–Trinajstić information content (AvgIpc) is 3.03. The van der Waals surface area contributed by atoms with Crippen molar-refractivity contribution in [2.75, 3.05) is 19.5 Å². The molecule has 9 nitrogen and oxygen atoms in total. The van der Waals surface area contributed by atoms with Crippen molar-refractivity contribution in [2.24, 2.45) is 0 Å². The van der Waals surface area contributed by atoms with E-state index in [2.05, 4.69) is 20.4 Å². The van der Waals surface area contributed by atoms with E-state index >= 15 is 0 Å². The Morgan fingerprint density at radius 1 is 1.29 bits per heavy atom. The summed E-state index contributed by atoms with van der Waals surface area (Å²) in [5, 5.41) is 5.36. The van der Waals surface area contributed by atoms with Crippen LogP contribution in [0, 0.1) is 0 Å². The van der Waals surface area contributed by atoms with Crippen LogP contribution in [0.15, 0.2) is 35.4 Å². The summed E-state index contributed by atoms with van der Waals surface area (Å²) in [6, 6.07) is 6.35. The molecule has 1 amide bonds. The summed E-state index contributed by atoms with van der Waals surface area (Å²) in [6.07, 6.45) is 1.29. The zero-order valence-electron chi connectivity index (χ0n) is 13.1. The van der Waals surface area contributed by atoms with Crippen LogP contribution < -0.4 is 20.3 Å². The zero-order chi connectivity index (χ0) is 17.1. The van der Waals surface area contributed by atoms with Gasteiger partial charge in [0, 0.05) is 12.1 Å². The van der Waals surface area contributed by atoms with Crippen LogP contribution in [0.3, 0.4) is 0 Å². The van der Waals surface area contributed by atoms with Gasteiger partial charge in [0.25, 0.3) is 11.3 Å². The Balaban J connectivity index is 1.81. The van der Waals surface area contributed by atoms with Crippen LogP contribution in [-0.2, 0) is 11.2 Å². The summed E-state index contributed by atoms with van der Waals surface area (Å²) in [5.41, 5.74) is 0.463. The predicted molar refractivity (Wildman–Crippen MR) is 85.5 cm³/mol. The lowest BCUT2D eigenvalue weighted by Gasteiger charge is -2.11. The van der Waals surface area contributed by atoms with Gasteiger partial charge in [-0.2, -0.15) is 4.52 Å². The highest BCUT2D eigenvalue weighted by atomic mass is 16.5. The lowest BCUT2D eigenvalue weighted by molar-refractivity contribution is -0.115. The molecule has 0 bridgehead atoms. The third-order valence-corrected chi connectivity index (χ3v) is 3.34. The van der Waals surface area contributed by atoms with E-state index in [1.54, 1.807) is 18.2 Å². The van der Waals surface area contributed by atoms with Crippen molar-refractivity contribution in [3.05, 3.63) is 46.6 Å². The second-order valence-corrected chi connectivity index (χ2v) is 4.90. The van der Waals surface area contributed by atoms with E-state index in [4.69, 9.17) is 9.47 Å². The van der Waals surface area contributed by atoms with Crippen LogP contribution in [0.25, 0.3) is 5.78 Å². The molecule has 2 heterocycles. The van der Waals surface area contributed by atoms with Crippen molar-refractivity contribution >= 4 is 17.4 Å². The van der Waals surface area contributed by atoms with Crippen LogP contribution in [0.4, 0.5) is 5.69 Å². The fourth-order valence-electron chi connectivity index (χ4n) is 2.23. The summed E-state index contributed by atoms with van der Waals surface area (Å²) in [5.74, 6) is 0.956. The highest BCUT2D eigenvalue weighted by Gasteiger charge is 2.12.